The van der Waals surface area contributed by atoms with Gasteiger partial charge in [0.1, 0.15) is 10.8 Å². The van der Waals surface area contributed by atoms with Crippen LogP contribution in [-0.4, -0.2) is 29.7 Å². The molecule has 0 bridgehead atoms. The van der Waals surface area contributed by atoms with Crippen LogP contribution in [-0.2, 0) is 4.74 Å². The van der Waals surface area contributed by atoms with E-state index in [1.165, 1.54) is 0 Å². The minimum absolute atomic E-state index is 0.357. The van der Waals surface area contributed by atoms with E-state index in [4.69, 9.17) is 22.7 Å². The third-order valence-electron chi connectivity index (χ3n) is 2.95. The van der Waals surface area contributed by atoms with Gasteiger partial charge in [0, 0.05) is 25.1 Å². The van der Waals surface area contributed by atoms with Crippen molar-refractivity contribution < 1.29 is 4.74 Å². The van der Waals surface area contributed by atoms with Gasteiger partial charge < -0.3 is 15.8 Å². The van der Waals surface area contributed by atoms with Crippen LogP contribution in [0.3, 0.4) is 0 Å². The summed E-state index contributed by atoms with van der Waals surface area (Å²) in [5.41, 5.74) is 7.50. The molecule has 0 atom stereocenters. The van der Waals surface area contributed by atoms with Crippen LogP contribution >= 0.6 is 12.2 Å². The lowest BCUT2D eigenvalue weighted by molar-refractivity contribution is 0.147. The Kier molecular flexibility index (Phi) is 5.26. The van der Waals surface area contributed by atoms with E-state index in [0.29, 0.717) is 4.99 Å². The zero-order valence-corrected chi connectivity index (χ0v) is 12.4. The Hall–Kier alpha value is -1.72. The van der Waals surface area contributed by atoms with E-state index in [9.17, 15) is 0 Å². The topological polar surface area (TPSA) is 60.2 Å². The second-order valence-corrected chi connectivity index (χ2v) is 4.86. The van der Waals surface area contributed by atoms with Gasteiger partial charge in [-0.15, -0.1) is 0 Å². The third-order valence-corrected chi connectivity index (χ3v) is 3.17. The Morgan fingerprint density at radius 3 is 2.95 bits per heavy atom. The Morgan fingerprint density at radius 1 is 1.40 bits per heavy atom. The van der Waals surface area contributed by atoms with E-state index in [1.807, 2.05) is 37.3 Å². The summed E-state index contributed by atoms with van der Waals surface area (Å²) in [6, 6.07) is 9.90. The molecule has 5 heteroatoms. The van der Waals surface area contributed by atoms with Crippen molar-refractivity contribution in [2.45, 2.75) is 13.3 Å². The first-order chi connectivity index (χ1) is 9.72. The zero-order chi connectivity index (χ0) is 14.4. The molecule has 20 heavy (non-hydrogen) atoms. The molecule has 1 aromatic heterocycles. The van der Waals surface area contributed by atoms with Gasteiger partial charge >= 0.3 is 0 Å². The van der Waals surface area contributed by atoms with Gasteiger partial charge in [0.25, 0.3) is 0 Å². The lowest BCUT2D eigenvalue weighted by Crippen LogP contribution is -2.16. The van der Waals surface area contributed by atoms with Crippen LogP contribution in [0.15, 0.2) is 30.3 Å². The van der Waals surface area contributed by atoms with Gasteiger partial charge in [-0.2, -0.15) is 0 Å². The minimum atomic E-state index is 0.357. The van der Waals surface area contributed by atoms with E-state index in [2.05, 4.69) is 10.3 Å². The molecule has 2 aromatic rings. The van der Waals surface area contributed by atoms with Crippen LogP contribution in [0.2, 0.25) is 0 Å². The third kappa shape index (κ3) is 3.65. The molecule has 4 nitrogen and oxygen atoms in total. The monoisotopic (exact) mass is 289 g/mol. The van der Waals surface area contributed by atoms with Crippen molar-refractivity contribution in [1.82, 2.24) is 4.98 Å². The number of hydrogen-bond acceptors (Lipinski definition) is 4. The number of pyridine rings is 1. The van der Waals surface area contributed by atoms with Crippen molar-refractivity contribution in [3.63, 3.8) is 0 Å². The first-order valence-electron chi connectivity index (χ1n) is 6.73. The number of nitrogens with two attached hydrogens (primary N) is 1. The van der Waals surface area contributed by atoms with Crippen molar-refractivity contribution in [2.75, 3.05) is 25.1 Å². The summed E-state index contributed by atoms with van der Waals surface area (Å²) < 4.78 is 5.31. The number of aromatic nitrogens is 1. The molecule has 1 heterocycles. The average molecular weight is 289 g/mol. The molecule has 0 saturated heterocycles. The van der Waals surface area contributed by atoms with Gasteiger partial charge in [-0.3, -0.25) is 0 Å². The zero-order valence-electron chi connectivity index (χ0n) is 11.6. The second kappa shape index (κ2) is 7.17. The number of thiocarbonyl (C=S) groups is 1. The maximum absolute atomic E-state index is 5.78. The van der Waals surface area contributed by atoms with E-state index in [0.717, 1.165) is 48.5 Å². The molecule has 0 unspecified atom stereocenters. The van der Waals surface area contributed by atoms with E-state index >= 15 is 0 Å². The maximum Gasteiger partial charge on any atom is 0.136 e. The van der Waals surface area contributed by atoms with Gasteiger partial charge in [-0.1, -0.05) is 30.4 Å². The number of nitrogens with one attached hydrogen (secondary N) is 1. The maximum atomic E-state index is 5.78. The quantitative estimate of drug-likeness (QED) is 0.606. The summed E-state index contributed by atoms with van der Waals surface area (Å²) >= 11 is 5.11. The van der Waals surface area contributed by atoms with Gasteiger partial charge in [-0.05, 0) is 25.5 Å². The summed E-state index contributed by atoms with van der Waals surface area (Å²) in [5.74, 6) is 0.743. The van der Waals surface area contributed by atoms with Crippen LogP contribution in [0.1, 0.15) is 18.9 Å². The molecule has 106 valence electrons. The van der Waals surface area contributed by atoms with E-state index in [-0.39, 0.29) is 0 Å². The van der Waals surface area contributed by atoms with Crippen molar-refractivity contribution in [3.05, 3.63) is 35.9 Å². The van der Waals surface area contributed by atoms with Crippen molar-refractivity contribution in [3.8, 4) is 0 Å². The SMILES string of the molecule is CCOCCCNc1nc2ccccc2cc1C(N)=S. The van der Waals surface area contributed by atoms with Gasteiger partial charge in [0.05, 0.1) is 11.1 Å². The van der Waals surface area contributed by atoms with Crippen LogP contribution in [0.25, 0.3) is 10.9 Å². The summed E-state index contributed by atoms with van der Waals surface area (Å²) in [4.78, 5) is 4.95. The van der Waals surface area contributed by atoms with Gasteiger partial charge in [0.15, 0.2) is 0 Å². The highest BCUT2D eigenvalue weighted by Crippen LogP contribution is 2.20. The van der Waals surface area contributed by atoms with Crippen molar-refractivity contribution in [2.24, 2.45) is 5.73 Å². The number of nitrogens with zero attached hydrogens (tertiary/aromatic N) is 1. The highest BCUT2D eigenvalue weighted by molar-refractivity contribution is 7.80. The highest BCUT2D eigenvalue weighted by atomic mass is 32.1. The van der Waals surface area contributed by atoms with Crippen LogP contribution in [0.5, 0.6) is 0 Å². The number of fused-ring (bicyclic) bond motifs is 1. The van der Waals surface area contributed by atoms with Crippen molar-refractivity contribution in [1.29, 1.82) is 0 Å². The smallest absolute Gasteiger partial charge is 0.136 e. The fourth-order valence-electron chi connectivity index (χ4n) is 1.96. The summed E-state index contributed by atoms with van der Waals surface area (Å²) in [5, 5.41) is 4.32. The Balaban J connectivity index is 2.17. The number of benzene rings is 1. The summed E-state index contributed by atoms with van der Waals surface area (Å²) in [6.45, 7) is 4.25. The Morgan fingerprint density at radius 2 is 2.20 bits per heavy atom. The molecule has 0 aliphatic carbocycles. The molecule has 0 amide bonds. The highest BCUT2D eigenvalue weighted by Gasteiger charge is 2.08. The number of hydrogen-bond donors (Lipinski definition) is 2. The van der Waals surface area contributed by atoms with Crippen LogP contribution < -0.4 is 11.1 Å². The normalized spacial score (nSPS) is 10.7. The van der Waals surface area contributed by atoms with Crippen LogP contribution in [0, 0.1) is 0 Å². The summed E-state index contributed by atoms with van der Waals surface area (Å²) in [6.07, 6.45) is 0.916. The van der Waals surface area contributed by atoms with Gasteiger partial charge in [0.2, 0.25) is 0 Å². The molecular formula is C15H19N3OS. The van der Waals surface area contributed by atoms with E-state index < -0.39 is 0 Å². The fourth-order valence-corrected chi connectivity index (χ4v) is 2.12. The Bertz CT molecular complexity index is 601. The Labute approximate surface area is 124 Å². The lowest BCUT2D eigenvalue weighted by atomic mass is 10.1. The molecule has 3 N–H and O–H groups in total. The van der Waals surface area contributed by atoms with Crippen molar-refractivity contribution >= 4 is 33.9 Å². The molecule has 0 aliphatic heterocycles. The first kappa shape index (κ1) is 14.7. The largest absolute Gasteiger partial charge is 0.389 e. The van der Waals surface area contributed by atoms with Crippen LogP contribution in [0.4, 0.5) is 5.82 Å². The number of rotatable bonds is 7. The first-order valence-corrected chi connectivity index (χ1v) is 7.14. The predicted octanol–water partition coefficient (Wildman–Crippen LogP) is 2.71. The molecule has 0 fully saturated rings. The average Bonchev–Trinajstić information content (AvgIpc) is 2.46. The molecule has 1 aromatic carbocycles. The molecule has 0 aliphatic rings. The number of ether oxygens (including phenoxy) is 1. The molecule has 0 saturated carbocycles. The van der Waals surface area contributed by atoms with Gasteiger partial charge in [-0.25, -0.2) is 4.98 Å². The molecule has 2 rings (SSSR count). The van der Waals surface area contributed by atoms with E-state index in [1.54, 1.807) is 0 Å². The molecule has 0 radical (unpaired) electrons. The predicted molar refractivity (Wildman–Crippen MR) is 87.2 cm³/mol. The number of anilines is 1. The fraction of sp³-hybridized carbons (Fsp3) is 0.333. The standard InChI is InChI=1S/C15H19N3OS/c1-2-19-9-5-8-17-15-12(14(16)20)10-11-6-3-4-7-13(11)18-15/h3-4,6-7,10H,2,5,8-9H2,1H3,(H2,16,20)(H,17,18). The lowest BCUT2D eigenvalue weighted by Gasteiger charge is -2.11. The second-order valence-electron chi connectivity index (χ2n) is 4.42. The number of para-hydroxylation sites is 1. The molecular weight excluding hydrogens is 270 g/mol. The summed E-state index contributed by atoms with van der Waals surface area (Å²) in [7, 11) is 0. The molecule has 0 spiro atoms. The minimum Gasteiger partial charge on any atom is -0.389 e.